The molecule has 98 valence electrons. The summed E-state index contributed by atoms with van der Waals surface area (Å²) in [4.78, 5) is 1.36. The van der Waals surface area contributed by atoms with Crippen molar-refractivity contribution in [2.75, 3.05) is 6.54 Å². The molecule has 0 spiro atoms. The maximum atomic E-state index is 4.64. The van der Waals surface area contributed by atoms with E-state index in [1.165, 1.54) is 16.3 Å². The van der Waals surface area contributed by atoms with E-state index in [0.717, 1.165) is 19.5 Å². The molecule has 0 aliphatic carbocycles. The molecular formula is C14H21N3S. The van der Waals surface area contributed by atoms with Crippen molar-refractivity contribution in [2.45, 2.75) is 39.8 Å². The number of thiophene rings is 1. The fraction of sp³-hybridized carbons (Fsp3) is 0.500. The van der Waals surface area contributed by atoms with E-state index in [2.05, 4.69) is 59.4 Å². The van der Waals surface area contributed by atoms with Gasteiger partial charge in [-0.25, -0.2) is 0 Å². The normalized spacial score (nSPS) is 12.8. The van der Waals surface area contributed by atoms with Crippen molar-refractivity contribution in [3.05, 3.63) is 39.8 Å². The van der Waals surface area contributed by atoms with E-state index in [0.29, 0.717) is 0 Å². The van der Waals surface area contributed by atoms with Crippen molar-refractivity contribution >= 4 is 11.3 Å². The molecule has 0 radical (unpaired) electrons. The van der Waals surface area contributed by atoms with Gasteiger partial charge in [-0.2, -0.15) is 5.10 Å². The van der Waals surface area contributed by atoms with Crippen LogP contribution < -0.4 is 5.32 Å². The Morgan fingerprint density at radius 2 is 2.22 bits per heavy atom. The molecule has 18 heavy (non-hydrogen) atoms. The van der Waals surface area contributed by atoms with Gasteiger partial charge in [0.05, 0.1) is 17.4 Å². The van der Waals surface area contributed by atoms with Crippen molar-refractivity contribution in [2.24, 2.45) is 0 Å². The molecule has 4 heteroatoms. The summed E-state index contributed by atoms with van der Waals surface area (Å²) in [6.07, 6.45) is 0.989. The molecule has 0 aliphatic rings. The number of rotatable bonds is 6. The average Bonchev–Trinajstić information content (AvgIpc) is 3.04. The highest BCUT2D eigenvalue weighted by atomic mass is 32.1. The van der Waals surface area contributed by atoms with E-state index in [1.54, 1.807) is 11.3 Å². The second-order valence-electron chi connectivity index (χ2n) is 4.24. The first-order valence-electron chi connectivity index (χ1n) is 6.63. The van der Waals surface area contributed by atoms with Gasteiger partial charge in [0.25, 0.3) is 0 Å². The molecule has 2 aromatic rings. The first-order chi connectivity index (χ1) is 8.80. The van der Waals surface area contributed by atoms with Crippen LogP contribution in [0.25, 0.3) is 0 Å². The summed E-state index contributed by atoms with van der Waals surface area (Å²) < 4.78 is 2.12. The van der Waals surface area contributed by atoms with Crippen molar-refractivity contribution in [3.8, 4) is 0 Å². The molecule has 0 fully saturated rings. The molecule has 1 unspecified atom stereocenters. The first kappa shape index (κ1) is 13.3. The molecule has 0 saturated carbocycles. The van der Waals surface area contributed by atoms with Crippen LogP contribution in [0.5, 0.6) is 0 Å². The third-order valence-corrected chi connectivity index (χ3v) is 3.99. The minimum absolute atomic E-state index is 0.266. The molecule has 0 aromatic carbocycles. The van der Waals surface area contributed by atoms with Gasteiger partial charge in [0.15, 0.2) is 0 Å². The highest BCUT2D eigenvalue weighted by molar-refractivity contribution is 7.10. The van der Waals surface area contributed by atoms with E-state index in [-0.39, 0.29) is 6.04 Å². The van der Waals surface area contributed by atoms with Gasteiger partial charge in [-0.15, -0.1) is 11.3 Å². The fourth-order valence-electron chi connectivity index (χ4n) is 2.16. The third kappa shape index (κ3) is 2.65. The molecular weight excluding hydrogens is 242 g/mol. The predicted octanol–water partition coefficient (Wildman–Crippen LogP) is 3.23. The topological polar surface area (TPSA) is 29.9 Å². The van der Waals surface area contributed by atoms with Gasteiger partial charge in [0.1, 0.15) is 0 Å². The lowest BCUT2D eigenvalue weighted by Crippen LogP contribution is -2.24. The molecule has 1 atom stereocenters. The van der Waals surface area contributed by atoms with Crippen LogP contribution >= 0.6 is 11.3 Å². The molecule has 3 nitrogen and oxygen atoms in total. The highest BCUT2D eigenvalue weighted by Gasteiger charge is 2.19. The molecule has 2 aromatic heterocycles. The lowest BCUT2D eigenvalue weighted by molar-refractivity contribution is 0.545. The van der Waals surface area contributed by atoms with Crippen molar-refractivity contribution in [1.29, 1.82) is 0 Å². The Hall–Kier alpha value is -1.13. The largest absolute Gasteiger partial charge is 0.305 e. The summed E-state index contributed by atoms with van der Waals surface area (Å²) in [7, 11) is 0. The van der Waals surface area contributed by atoms with E-state index >= 15 is 0 Å². The van der Waals surface area contributed by atoms with Gasteiger partial charge in [-0.05, 0) is 37.4 Å². The van der Waals surface area contributed by atoms with Crippen LogP contribution in [-0.4, -0.2) is 16.3 Å². The van der Waals surface area contributed by atoms with Crippen LogP contribution in [0.15, 0.2) is 23.6 Å². The number of nitrogens with one attached hydrogen (secondary N) is 1. The third-order valence-electron chi connectivity index (χ3n) is 3.06. The molecule has 0 aliphatic heterocycles. The quantitative estimate of drug-likeness (QED) is 0.867. The van der Waals surface area contributed by atoms with Crippen LogP contribution in [0.1, 0.15) is 43.1 Å². The number of hydrogen-bond donors (Lipinski definition) is 1. The Kier molecular flexibility index (Phi) is 4.55. The Balaban J connectivity index is 2.38. The van der Waals surface area contributed by atoms with Crippen LogP contribution in [-0.2, 0) is 13.0 Å². The summed E-state index contributed by atoms with van der Waals surface area (Å²) in [5, 5.41) is 10.3. The monoisotopic (exact) mass is 263 g/mol. The van der Waals surface area contributed by atoms with Crippen LogP contribution in [0, 0.1) is 0 Å². The van der Waals surface area contributed by atoms with Crippen molar-refractivity contribution < 1.29 is 0 Å². The van der Waals surface area contributed by atoms with Crippen LogP contribution in [0.4, 0.5) is 0 Å². The second-order valence-corrected chi connectivity index (χ2v) is 5.22. The summed E-state index contributed by atoms with van der Waals surface area (Å²) in [5.41, 5.74) is 2.45. The maximum Gasteiger partial charge on any atom is 0.0841 e. The molecule has 2 rings (SSSR count). The smallest absolute Gasteiger partial charge is 0.0841 e. The molecule has 1 N–H and O–H groups in total. The van der Waals surface area contributed by atoms with E-state index in [9.17, 15) is 0 Å². The van der Waals surface area contributed by atoms with Gasteiger partial charge < -0.3 is 5.32 Å². The summed E-state index contributed by atoms with van der Waals surface area (Å²) in [5.74, 6) is 0. The minimum Gasteiger partial charge on any atom is -0.305 e. The number of nitrogens with zero attached hydrogens (tertiary/aromatic N) is 2. The zero-order valence-corrected chi connectivity index (χ0v) is 12.1. The van der Waals surface area contributed by atoms with Crippen molar-refractivity contribution in [3.63, 3.8) is 0 Å². The summed E-state index contributed by atoms with van der Waals surface area (Å²) >= 11 is 1.80. The number of aryl methyl sites for hydroxylation is 2. The Labute approximate surface area is 113 Å². The predicted molar refractivity (Wildman–Crippen MR) is 77.1 cm³/mol. The second kappa shape index (κ2) is 6.16. The molecule has 0 bridgehead atoms. The minimum atomic E-state index is 0.266. The summed E-state index contributed by atoms with van der Waals surface area (Å²) in [6, 6.07) is 6.80. The van der Waals surface area contributed by atoms with E-state index < -0.39 is 0 Å². The van der Waals surface area contributed by atoms with E-state index in [4.69, 9.17) is 0 Å². The molecule has 2 heterocycles. The standard InChI is InChI=1S/C14H21N3S/c1-4-11-10-12(17(6-3)16-11)14(15-5-2)13-8-7-9-18-13/h7-10,14-15H,4-6H2,1-3H3. The lowest BCUT2D eigenvalue weighted by Gasteiger charge is -2.17. The molecule has 0 amide bonds. The van der Waals surface area contributed by atoms with Gasteiger partial charge in [0, 0.05) is 11.4 Å². The van der Waals surface area contributed by atoms with Gasteiger partial charge in [0.2, 0.25) is 0 Å². The molecule has 0 saturated heterocycles. The van der Waals surface area contributed by atoms with Crippen LogP contribution in [0.2, 0.25) is 0 Å². The van der Waals surface area contributed by atoms with Crippen molar-refractivity contribution in [1.82, 2.24) is 15.1 Å². The summed E-state index contributed by atoms with van der Waals surface area (Å²) in [6.45, 7) is 8.32. The SMILES string of the molecule is CCNC(c1cccs1)c1cc(CC)nn1CC. The average molecular weight is 263 g/mol. The Morgan fingerprint density at radius 1 is 1.39 bits per heavy atom. The first-order valence-corrected chi connectivity index (χ1v) is 7.51. The zero-order valence-electron chi connectivity index (χ0n) is 11.3. The Bertz CT molecular complexity index is 473. The Morgan fingerprint density at radius 3 is 2.78 bits per heavy atom. The van der Waals surface area contributed by atoms with E-state index in [1.807, 2.05) is 0 Å². The fourth-order valence-corrected chi connectivity index (χ4v) is 2.97. The highest BCUT2D eigenvalue weighted by Crippen LogP contribution is 2.26. The van der Waals surface area contributed by atoms with Gasteiger partial charge in [-0.1, -0.05) is 19.9 Å². The number of hydrogen-bond acceptors (Lipinski definition) is 3. The number of aromatic nitrogens is 2. The lowest BCUT2D eigenvalue weighted by atomic mass is 10.1. The van der Waals surface area contributed by atoms with Gasteiger partial charge in [-0.3, -0.25) is 4.68 Å². The van der Waals surface area contributed by atoms with Gasteiger partial charge >= 0.3 is 0 Å². The zero-order chi connectivity index (χ0) is 13.0. The van der Waals surface area contributed by atoms with Crippen LogP contribution in [0.3, 0.4) is 0 Å². The maximum absolute atomic E-state index is 4.64.